The number of aliphatic hydroxyl groups is 1. The molecule has 16 heavy (non-hydrogen) atoms. The summed E-state index contributed by atoms with van der Waals surface area (Å²) in [7, 11) is 0. The fourth-order valence-corrected chi connectivity index (χ4v) is 3.26. The van der Waals surface area contributed by atoms with Crippen LogP contribution in [0.15, 0.2) is 0 Å². The minimum absolute atomic E-state index is 0.0284. The van der Waals surface area contributed by atoms with E-state index in [0.717, 1.165) is 12.3 Å². The number of aliphatic hydroxyl groups excluding tert-OH is 1. The maximum Gasteiger partial charge on any atom is 0.0596 e. The van der Waals surface area contributed by atoms with Crippen molar-refractivity contribution < 1.29 is 5.11 Å². The molecule has 0 saturated heterocycles. The van der Waals surface area contributed by atoms with Gasteiger partial charge in [-0.2, -0.15) is 0 Å². The quantitative estimate of drug-likeness (QED) is 0.712. The van der Waals surface area contributed by atoms with Crippen LogP contribution in [0.1, 0.15) is 72.1 Å². The molecule has 4 unspecified atom stereocenters. The van der Waals surface area contributed by atoms with E-state index in [1.807, 2.05) is 0 Å². The summed E-state index contributed by atoms with van der Waals surface area (Å²) < 4.78 is 0. The summed E-state index contributed by atoms with van der Waals surface area (Å²) in [5, 5.41) is 10.5. The molecule has 0 bridgehead atoms. The molecule has 0 heterocycles. The maximum absolute atomic E-state index is 10.5. The number of rotatable bonds is 6. The Hall–Kier alpha value is -0.0400. The van der Waals surface area contributed by atoms with E-state index in [1.165, 1.54) is 44.9 Å². The second-order valence-electron chi connectivity index (χ2n) is 5.83. The van der Waals surface area contributed by atoms with Gasteiger partial charge in [0.15, 0.2) is 0 Å². The normalized spacial score (nSPS) is 30.0. The van der Waals surface area contributed by atoms with Gasteiger partial charge >= 0.3 is 0 Å². The predicted molar refractivity (Wildman–Crippen MR) is 70.4 cm³/mol. The second-order valence-corrected chi connectivity index (χ2v) is 5.83. The van der Waals surface area contributed by atoms with Crippen LogP contribution in [0.25, 0.3) is 0 Å². The summed E-state index contributed by atoms with van der Waals surface area (Å²) in [6, 6.07) is 0. The number of hydrogen-bond donors (Lipinski definition) is 1. The third-order valence-corrected chi connectivity index (χ3v) is 4.40. The van der Waals surface area contributed by atoms with Crippen molar-refractivity contribution in [2.45, 2.75) is 78.2 Å². The molecule has 1 heteroatoms. The van der Waals surface area contributed by atoms with Gasteiger partial charge in [-0.15, -0.1) is 0 Å². The number of unbranched alkanes of at least 4 members (excludes halogenated alkanes) is 1. The molecule has 0 aliphatic heterocycles. The maximum atomic E-state index is 10.5. The molecule has 1 saturated carbocycles. The van der Waals surface area contributed by atoms with Gasteiger partial charge in [0.2, 0.25) is 0 Å². The van der Waals surface area contributed by atoms with Gasteiger partial charge in [0, 0.05) is 0 Å². The Balaban J connectivity index is 2.42. The largest absolute Gasteiger partial charge is 0.393 e. The molecule has 96 valence electrons. The van der Waals surface area contributed by atoms with E-state index in [4.69, 9.17) is 0 Å². The van der Waals surface area contributed by atoms with E-state index in [-0.39, 0.29) is 6.10 Å². The Morgan fingerprint density at radius 2 is 2.00 bits per heavy atom. The highest BCUT2D eigenvalue weighted by atomic mass is 16.3. The average molecular weight is 226 g/mol. The summed E-state index contributed by atoms with van der Waals surface area (Å²) in [5.41, 5.74) is 0. The van der Waals surface area contributed by atoms with Crippen molar-refractivity contribution in [3.63, 3.8) is 0 Å². The highest BCUT2D eigenvalue weighted by molar-refractivity contribution is 4.80. The standard InChI is InChI=1S/C15H30O/c1-4-6-9-13(5-2)15(16)14-10-7-8-12(3)11-14/h12-16H,4-11H2,1-3H3. The summed E-state index contributed by atoms with van der Waals surface area (Å²) in [6.45, 7) is 6.81. The van der Waals surface area contributed by atoms with Gasteiger partial charge in [0.05, 0.1) is 6.10 Å². The Morgan fingerprint density at radius 3 is 2.56 bits per heavy atom. The third kappa shape index (κ3) is 4.08. The molecule has 1 nitrogen and oxygen atoms in total. The summed E-state index contributed by atoms with van der Waals surface area (Å²) in [6.07, 6.45) is 10.1. The van der Waals surface area contributed by atoms with Gasteiger partial charge in [-0.1, -0.05) is 52.9 Å². The molecule has 1 N–H and O–H groups in total. The van der Waals surface area contributed by atoms with Crippen LogP contribution in [0.3, 0.4) is 0 Å². The van der Waals surface area contributed by atoms with Crippen LogP contribution >= 0.6 is 0 Å². The van der Waals surface area contributed by atoms with E-state index in [2.05, 4.69) is 20.8 Å². The highest BCUT2D eigenvalue weighted by Crippen LogP contribution is 2.35. The zero-order chi connectivity index (χ0) is 12.0. The fourth-order valence-electron chi connectivity index (χ4n) is 3.26. The van der Waals surface area contributed by atoms with Gasteiger partial charge < -0.3 is 5.11 Å². The van der Waals surface area contributed by atoms with E-state index in [0.29, 0.717) is 11.8 Å². The molecule has 0 aromatic rings. The Bertz CT molecular complexity index is 178. The zero-order valence-electron chi connectivity index (χ0n) is 11.4. The first kappa shape index (κ1) is 14.0. The van der Waals surface area contributed by atoms with E-state index in [1.54, 1.807) is 0 Å². The first-order valence-electron chi connectivity index (χ1n) is 7.37. The summed E-state index contributed by atoms with van der Waals surface area (Å²) in [4.78, 5) is 0. The lowest BCUT2D eigenvalue weighted by Gasteiger charge is -2.34. The van der Waals surface area contributed by atoms with Crippen molar-refractivity contribution >= 4 is 0 Å². The Kier molecular flexibility index (Phi) is 6.41. The van der Waals surface area contributed by atoms with Crippen LogP contribution in [0, 0.1) is 17.8 Å². The monoisotopic (exact) mass is 226 g/mol. The van der Waals surface area contributed by atoms with Crippen LogP contribution in [-0.2, 0) is 0 Å². The van der Waals surface area contributed by atoms with E-state index < -0.39 is 0 Å². The topological polar surface area (TPSA) is 20.2 Å². The summed E-state index contributed by atoms with van der Waals surface area (Å²) >= 11 is 0. The van der Waals surface area contributed by atoms with Gasteiger partial charge in [0.1, 0.15) is 0 Å². The first-order valence-corrected chi connectivity index (χ1v) is 7.37. The fraction of sp³-hybridized carbons (Fsp3) is 1.00. The smallest absolute Gasteiger partial charge is 0.0596 e. The molecule has 1 aliphatic carbocycles. The van der Waals surface area contributed by atoms with Crippen molar-refractivity contribution in [1.82, 2.24) is 0 Å². The third-order valence-electron chi connectivity index (χ3n) is 4.40. The predicted octanol–water partition coefficient (Wildman–Crippen LogP) is 4.39. The summed E-state index contributed by atoms with van der Waals surface area (Å²) in [5.74, 6) is 1.97. The van der Waals surface area contributed by atoms with E-state index >= 15 is 0 Å². The van der Waals surface area contributed by atoms with Gasteiger partial charge in [-0.05, 0) is 37.0 Å². The molecule has 0 amide bonds. The molecular weight excluding hydrogens is 196 g/mol. The number of hydrogen-bond acceptors (Lipinski definition) is 1. The van der Waals surface area contributed by atoms with Crippen LogP contribution in [0.2, 0.25) is 0 Å². The molecular formula is C15H30O. The molecule has 1 aliphatic rings. The second kappa shape index (κ2) is 7.32. The van der Waals surface area contributed by atoms with Crippen molar-refractivity contribution in [2.24, 2.45) is 17.8 Å². The van der Waals surface area contributed by atoms with Crippen LogP contribution in [0.5, 0.6) is 0 Å². The minimum atomic E-state index is -0.0284. The molecule has 4 atom stereocenters. The highest BCUT2D eigenvalue weighted by Gasteiger charge is 2.29. The lowest BCUT2D eigenvalue weighted by Crippen LogP contribution is -2.32. The van der Waals surface area contributed by atoms with Gasteiger partial charge in [-0.25, -0.2) is 0 Å². The van der Waals surface area contributed by atoms with Crippen molar-refractivity contribution in [1.29, 1.82) is 0 Å². The molecule has 0 radical (unpaired) electrons. The minimum Gasteiger partial charge on any atom is -0.393 e. The Morgan fingerprint density at radius 1 is 1.25 bits per heavy atom. The van der Waals surface area contributed by atoms with Crippen LogP contribution < -0.4 is 0 Å². The van der Waals surface area contributed by atoms with Crippen molar-refractivity contribution in [3.05, 3.63) is 0 Å². The molecule has 1 rings (SSSR count). The lowest BCUT2D eigenvalue weighted by molar-refractivity contribution is 0.0186. The van der Waals surface area contributed by atoms with E-state index in [9.17, 15) is 5.11 Å². The van der Waals surface area contributed by atoms with Gasteiger partial charge in [-0.3, -0.25) is 0 Å². The van der Waals surface area contributed by atoms with Crippen molar-refractivity contribution in [2.75, 3.05) is 0 Å². The first-order chi connectivity index (χ1) is 7.69. The van der Waals surface area contributed by atoms with Crippen LogP contribution in [-0.4, -0.2) is 11.2 Å². The molecule has 1 fully saturated rings. The average Bonchev–Trinajstić information content (AvgIpc) is 2.29. The molecule has 0 spiro atoms. The molecule has 0 aromatic carbocycles. The van der Waals surface area contributed by atoms with Crippen molar-refractivity contribution in [3.8, 4) is 0 Å². The van der Waals surface area contributed by atoms with Gasteiger partial charge in [0.25, 0.3) is 0 Å². The Labute approximate surface area is 102 Å². The van der Waals surface area contributed by atoms with Crippen LogP contribution in [0.4, 0.5) is 0 Å². The lowest BCUT2D eigenvalue weighted by atomic mass is 9.75. The SMILES string of the molecule is CCCCC(CC)C(O)C1CCCC(C)C1. The zero-order valence-corrected chi connectivity index (χ0v) is 11.4. The molecule has 0 aromatic heterocycles.